The van der Waals surface area contributed by atoms with Crippen LogP contribution >= 0.6 is 0 Å². The number of hydrogen-bond acceptors (Lipinski definition) is 3. The lowest BCUT2D eigenvalue weighted by Crippen LogP contribution is -2.13. The van der Waals surface area contributed by atoms with E-state index in [2.05, 4.69) is 15.3 Å². The van der Waals surface area contributed by atoms with Crippen LogP contribution in [0.2, 0.25) is 0 Å². The van der Waals surface area contributed by atoms with Crippen LogP contribution in [-0.4, -0.2) is 20.4 Å². The predicted octanol–water partition coefficient (Wildman–Crippen LogP) is 1.20. The molecule has 0 unspecified atom stereocenters. The molecule has 16 heavy (non-hydrogen) atoms. The highest BCUT2D eigenvalue weighted by Crippen LogP contribution is 2.20. The highest BCUT2D eigenvalue weighted by Gasteiger charge is 2.19. The van der Waals surface area contributed by atoms with Crippen molar-refractivity contribution in [1.82, 2.24) is 14.5 Å². The molecule has 0 saturated heterocycles. The summed E-state index contributed by atoms with van der Waals surface area (Å²) in [5, 5.41) is 2.78. The fourth-order valence-electron chi connectivity index (χ4n) is 1.85. The van der Waals surface area contributed by atoms with Gasteiger partial charge in [0.05, 0.1) is 19.1 Å². The summed E-state index contributed by atoms with van der Waals surface area (Å²) in [6, 6.07) is 2.03. The van der Waals surface area contributed by atoms with Crippen LogP contribution in [-0.2, 0) is 6.54 Å². The van der Waals surface area contributed by atoms with Crippen molar-refractivity contribution < 1.29 is 4.79 Å². The Balaban J connectivity index is 2.17. The molecule has 0 saturated carbocycles. The van der Waals surface area contributed by atoms with E-state index in [1.54, 1.807) is 18.7 Å². The van der Waals surface area contributed by atoms with Gasteiger partial charge in [0.1, 0.15) is 11.5 Å². The van der Waals surface area contributed by atoms with Gasteiger partial charge in [0.2, 0.25) is 0 Å². The van der Waals surface area contributed by atoms with Crippen LogP contribution in [0.25, 0.3) is 0 Å². The Morgan fingerprint density at radius 2 is 2.31 bits per heavy atom. The Labute approximate surface area is 92.1 Å². The molecule has 3 rings (SSSR count). The van der Waals surface area contributed by atoms with Crippen molar-refractivity contribution in [3.8, 4) is 0 Å². The van der Waals surface area contributed by atoms with E-state index >= 15 is 0 Å². The number of pyridine rings is 1. The Morgan fingerprint density at radius 1 is 1.44 bits per heavy atom. The van der Waals surface area contributed by atoms with E-state index in [-0.39, 0.29) is 5.91 Å². The molecule has 0 spiro atoms. The molecule has 1 amide bonds. The molecule has 2 aromatic heterocycles. The highest BCUT2D eigenvalue weighted by molar-refractivity contribution is 6.03. The number of amides is 1. The number of aromatic nitrogens is 3. The van der Waals surface area contributed by atoms with Gasteiger partial charge in [0.25, 0.3) is 5.91 Å². The van der Waals surface area contributed by atoms with Crippen molar-refractivity contribution in [1.29, 1.82) is 0 Å². The smallest absolute Gasteiger partial charge is 0.275 e. The molecular weight excluding hydrogens is 204 g/mol. The first-order valence-electron chi connectivity index (χ1n) is 5.01. The van der Waals surface area contributed by atoms with Crippen LogP contribution in [0, 0.1) is 6.92 Å². The van der Waals surface area contributed by atoms with Gasteiger partial charge in [-0.1, -0.05) is 0 Å². The minimum Gasteiger partial charge on any atom is -0.322 e. The number of aryl methyl sites for hydroxylation is 1. The summed E-state index contributed by atoms with van der Waals surface area (Å²) < 4.78 is 1.82. The van der Waals surface area contributed by atoms with Gasteiger partial charge >= 0.3 is 0 Å². The van der Waals surface area contributed by atoms with Crippen LogP contribution in [0.15, 0.2) is 24.8 Å². The molecule has 1 aliphatic rings. The van der Waals surface area contributed by atoms with E-state index in [0.29, 0.717) is 18.1 Å². The molecule has 80 valence electrons. The maximum absolute atomic E-state index is 11.8. The molecule has 2 aromatic rings. The molecule has 0 aromatic carbocycles. The van der Waals surface area contributed by atoms with Gasteiger partial charge in [-0.15, -0.1) is 0 Å². The van der Waals surface area contributed by atoms with Crippen molar-refractivity contribution in [2.45, 2.75) is 13.5 Å². The lowest BCUT2D eigenvalue weighted by molar-refractivity contribution is 0.102. The van der Waals surface area contributed by atoms with Crippen LogP contribution in [0.4, 0.5) is 5.82 Å². The zero-order chi connectivity index (χ0) is 11.1. The van der Waals surface area contributed by atoms with E-state index < -0.39 is 0 Å². The van der Waals surface area contributed by atoms with Gasteiger partial charge in [-0.25, -0.2) is 9.97 Å². The fourth-order valence-corrected chi connectivity index (χ4v) is 1.85. The number of hydrogen-bond donors (Lipinski definition) is 1. The van der Waals surface area contributed by atoms with Crippen LogP contribution < -0.4 is 5.32 Å². The number of fused-ring (bicyclic) bond motifs is 2. The second kappa shape index (κ2) is 3.16. The molecule has 3 heterocycles. The van der Waals surface area contributed by atoms with Crippen molar-refractivity contribution in [2.24, 2.45) is 0 Å². The van der Waals surface area contributed by atoms with E-state index in [1.807, 2.05) is 17.6 Å². The zero-order valence-corrected chi connectivity index (χ0v) is 8.77. The first-order chi connectivity index (χ1) is 7.74. The molecular formula is C11H10N4O. The quantitative estimate of drug-likeness (QED) is 0.716. The Bertz CT molecular complexity index is 573. The molecule has 0 bridgehead atoms. The Kier molecular flexibility index (Phi) is 1.80. The molecule has 0 radical (unpaired) electrons. The lowest BCUT2D eigenvalue weighted by Gasteiger charge is -2.05. The second-order valence-electron chi connectivity index (χ2n) is 3.88. The first kappa shape index (κ1) is 9.08. The van der Waals surface area contributed by atoms with E-state index in [0.717, 1.165) is 11.1 Å². The van der Waals surface area contributed by atoms with Crippen LogP contribution in [0.1, 0.15) is 21.6 Å². The number of nitrogens with zero attached hydrogens (tertiary/aromatic N) is 3. The van der Waals surface area contributed by atoms with Crippen molar-refractivity contribution in [3.05, 3.63) is 41.6 Å². The number of imidazole rings is 1. The maximum atomic E-state index is 11.8. The Morgan fingerprint density at radius 3 is 3.19 bits per heavy atom. The largest absolute Gasteiger partial charge is 0.322 e. The summed E-state index contributed by atoms with van der Waals surface area (Å²) in [5.41, 5.74) is 2.65. The minimum absolute atomic E-state index is 0.160. The zero-order valence-electron chi connectivity index (χ0n) is 8.77. The fraction of sp³-hybridized carbons (Fsp3) is 0.182. The van der Waals surface area contributed by atoms with Crippen molar-refractivity contribution in [3.63, 3.8) is 0 Å². The van der Waals surface area contributed by atoms with Crippen molar-refractivity contribution in [2.75, 3.05) is 5.32 Å². The van der Waals surface area contributed by atoms with Gasteiger partial charge in [-0.2, -0.15) is 0 Å². The average molecular weight is 214 g/mol. The second-order valence-corrected chi connectivity index (χ2v) is 3.88. The lowest BCUT2D eigenvalue weighted by atomic mass is 10.2. The van der Waals surface area contributed by atoms with Crippen molar-refractivity contribution >= 4 is 11.7 Å². The third-order valence-electron chi connectivity index (χ3n) is 2.62. The van der Waals surface area contributed by atoms with Gasteiger partial charge in [-0.05, 0) is 18.6 Å². The summed E-state index contributed by atoms with van der Waals surface area (Å²) in [5.74, 6) is 0.479. The third-order valence-corrected chi connectivity index (χ3v) is 2.62. The standard InChI is InChI=1S/C11H10N4O/c1-7-2-8-5-15-6-12-4-9(15)11(16)14-10(8)13-3-7/h2-4,6H,5H2,1H3,(H,13,14,16). The van der Waals surface area contributed by atoms with Gasteiger partial charge in [-0.3, -0.25) is 4.79 Å². The van der Waals surface area contributed by atoms with Crippen LogP contribution in [0.5, 0.6) is 0 Å². The first-order valence-corrected chi connectivity index (χ1v) is 5.01. The summed E-state index contributed by atoms with van der Waals surface area (Å²) in [6.45, 7) is 2.60. The molecule has 1 aliphatic heterocycles. The van der Waals surface area contributed by atoms with E-state index in [1.165, 1.54) is 0 Å². The maximum Gasteiger partial charge on any atom is 0.275 e. The number of carbonyl (C=O) groups is 1. The molecule has 1 N–H and O–H groups in total. The van der Waals surface area contributed by atoms with Gasteiger partial charge in [0.15, 0.2) is 0 Å². The monoisotopic (exact) mass is 214 g/mol. The highest BCUT2D eigenvalue weighted by atomic mass is 16.2. The van der Waals surface area contributed by atoms with Crippen LogP contribution in [0.3, 0.4) is 0 Å². The minimum atomic E-state index is -0.160. The summed E-state index contributed by atoms with van der Waals surface area (Å²) in [7, 11) is 0. The SMILES string of the molecule is Cc1cnc2c(c1)Cn1cncc1C(=O)N2. The summed E-state index contributed by atoms with van der Waals surface area (Å²) in [4.78, 5) is 20.0. The topological polar surface area (TPSA) is 59.8 Å². The van der Waals surface area contributed by atoms with Gasteiger partial charge in [0, 0.05) is 11.8 Å². The summed E-state index contributed by atoms with van der Waals surface area (Å²) in [6.07, 6.45) is 4.97. The average Bonchev–Trinajstić information content (AvgIpc) is 2.65. The number of nitrogens with one attached hydrogen (secondary N) is 1. The molecule has 5 nitrogen and oxygen atoms in total. The predicted molar refractivity (Wildman–Crippen MR) is 58.3 cm³/mol. The number of anilines is 1. The number of carbonyl (C=O) groups excluding carboxylic acids is 1. The molecule has 0 aliphatic carbocycles. The molecule has 0 fully saturated rings. The number of rotatable bonds is 0. The van der Waals surface area contributed by atoms with E-state index in [9.17, 15) is 4.79 Å². The van der Waals surface area contributed by atoms with E-state index in [4.69, 9.17) is 0 Å². The third kappa shape index (κ3) is 1.29. The normalized spacial score (nSPS) is 13.7. The Hall–Kier alpha value is -2.17. The molecule has 0 atom stereocenters. The van der Waals surface area contributed by atoms with Gasteiger partial charge < -0.3 is 9.88 Å². The molecule has 5 heteroatoms. The summed E-state index contributed by atoms with van der Waals surface area (Å²) >= 11 is 0.